The second-order valence-electron chi connectivity index (χ2n) is 4.46. The van der Waals surface area contributed by atoms with Crippen LogP contribution in [0.15, 0.2) is 6.58 Å². The Morgan fingerprint density at radius 3 is 2.94 bits per heavy atom. The SMILES string of the molecule is C=C1NCC2(C)C(=O)Nc3nc(C)nc1c32. The molecule has 1 aromatic heterocycles. The van der Waals surface area contributed by atoms with Gasteiger partial charge in [-0.1, -0.05) is 6.58 Å². The predicted octanol–water partition coefficient (Wildman–Crippen LogP) is 0.569. The van der Waals surface area contributed by atoms with Crippen LogP contribution in [-0.4, -0.2) is 22.4 Å². The minimum atomic E-state index is -0.570. The fourth-order valence-electron chi connectivity index (χ4n) is 2.30. The van der Waals surface area contributed by atoms with Crippen molar-refractivity contribution in [2.24, 2.45) is 0 Å². The fraction of sp³-hybridized carbons (Fsp3) is 0.364. The zero-order valence-corrected chi connectivity index (χ0v) is 9.22. The Morgan fingerprint density at radius 2 is 2.19 bits per heavy atom. The molecule has 16 heavy (non-hydrogen) atoms. The number of hydrogen-bond donors (Lipinski definition) is 2. The van der Waals surface area contributed by atoms with E-state index in [1.807, 2.05) is 6.92 Å². The number of nitrogens with zero attached hydrogens (tertiary/aromatic N) is 2. The van der Waals surface area contributed by atoms with Crippen LogP contribution in [0.2, 0.25) is 0 Å². The molecule has 2 N–H and O–H groups in total. The predicted molar refractivity (Wildman–Crippen MR) is 59.8 cm³/mol. The quantitative estimate of drug-likeness (QED) is 0.665. The van der Waals surface area contributed by atoms with E-state index in [0.717, 1.165) is 17.0 Å². The summed E-state index contributed by atoms with van der Waals surface area (Å²) < 4.78 is 0. The van der Waals surface area contributed by atoms with E-state index >= 15 is 0 Å². The highest BCUT2D eigenvalue weighted by Gasteiger charge is 2.48. The van der Waals surface area contributed by atoms with Gasteiger partial charge in [0.25, 0.3) is 0 Å². The molecule has 0 fully saturated rings. The highest BCUT2D eigenvalue weighted by atomic mass is 16.2. The number of carbonyl (C=O) groups is 1. The fourth-order valence-corrected chi connectivity index (χ4v) is 2.30. The van der Waals surface area contributed by atoms with Crippen LogP contribution in [0.1, 0.15) is 24.0 Å². The average molecular weight is 216 g/mol. The first kappa shape index (κ1) is 9.33. The van der Waals surface area contributed by atoms with Crippen LogP contribution in [0.25, 0.3) is 5.70 Å². The molecule has 0 saturated heterocycles. The largest absolute Gasteiger partial charge is 0.382 e. The van der Waals surface area contributed by atoms with Crippen molar-refractivity contribution in [2.75, 3.05) is 11.9 Å². The first-order valence-electron chi connectivity index (χ1n) is 5.16. The van der Waals surface area contributed by atoms with Gasteiger partial charge in [-0.2, -0.15) is 0 Å². The Hall–Kier alpha value is -1.91. The van der Waals surface area contributed by atoms with Crippen molar-refractivity contribution >= 4 is 17.4 Å². The Balaban J connectivity index is 2.37. The van der Waals surface area contributed by atoms with E-state index < -0.39 is 5.41 Å². The van der Waals surface area contributed by atoms with Gasteiger partial charge in [-0.05, 0) is 13.8 Å². The standard InChI is InChI=1S/C11H12N4O/c1-5-8-7-9(14-6(2)13-8)15-10(16)11(7,3)4-12-5/h12H,1,4H2,2-3H3,(H,13,14,15,16). The van der Waals surface area contributed by atoms with Gasteiger partial charge in [-0.15, -0.1) is 0 Å². The lowest BCUT2D eigenvalue weighted by atomic mass is 9.80. The summed E-state index contributed by atoms with van der Waals surface area (Å²) in [6, 6.07) is 0. The van der Waals surface area contributed by atoms with Crippen molar-refractivity contribution in [3.05, 3.63) is 23.7 Å². The summed E-state index contributed by atoms with van der Waals surface area (Å²) in [6.07, 6.45) is 0. The third-order valence-corrected chi connectivity index (χ3v) is 3.25. The van der Waals surface area contributed by atoms with Crippen molar-refractivity contribution in [3.8, 4) is 0 Å². The van der Waals surface area contributed by atoms with E-state index in [-0.39, 0.29) is 5.91 Å². The summed E-state index contributed by atoms with van der Waals surface area (Å²) in [5, 5.41) is 5.94. The van der Waals surface area contributed by atoms with Crippen molar-refractivity contribution in [2.45, 2.75) is 19.3 Å². The molecule has 0 saturated carbocycles. The Morgan fingerprint density at radius 1 is 1.44 bits per heavy atom. The molecule has 1 atom stereocenters. The summed E-state index contributed by atoms with van der Waals surface area (Å²) >= 11 is 0. The molecular weight excluding hydrogens is 204 g/mol. The molecule has 3 heterocycles. The molecule has 82 valence electrons. The van der Waals surface area contributed by atoms with Crippen LogP contribution < -0.4 is 10.6 Å². The number of nitrogens with one attached hydrogen (secondary N) is 2. The van der Waals surface area contributed by atoms with Crippen LogP contribution in [0, 0.1) is 6.92 Å². The molecule has 0 radical (unpaired) electrons. The minimum absolute atomic E-state index is 0.0244. The van der Waals surface area contributed by atoms with Gasteiger partial charge in [-0.25, -0.2) is 9.97 Å². The van der Waals surface area contributed by atoms with Crippen LogP contribution in [0.4, 0.5) is 5.82 Å². The summed E-state index contributed by atoms with van der Waals surface area (Å²) in [7, 11) is 0. The molecule has 0 bridgehead atoms. The minimum Gasteiger partial charge on any atom is -0.382 e. The highest BCUT2D eigenvalue weighted by molar-refractivity contribution is 6.07. The van der Waals surface area contributed by atoms with Gasteiger partial charge < -0.3 is 10.6 Å². The smallest absolute Gasteiger partial charge is 0.237 e. The Kier molecular flexibility index (Phi) is 1.52. The second-order valence-corrected chi connectivity index (χ2v) is 4.46. The molecule has 2 aliphatic rings. The number of rotatable bonds is 0. The lowest BCUT2D eigenvalue weighted by Crippen LogP contribution is -2.44. The maximum Gasteiger partial charge on any atom is 0.237 e. The topological polar surface area (TPSA) is 66.9 Å². The van der Waals surface area contributed by atoms with E-state index in [1.165, 1.54) is 0 Å². The Bertz CT molecular complexity index is 537. The maximum absolute atomic E-state index is 11.9. The van der Waals surface area contributed by atoms with E-state index in [4.69, 9.17) is 0 Å². The first-order chi connectivity index (χ1) is 7.52. The number of hydrogen-bond acceptors (Lipinski definition) is 4. The van der Waals surface area contributed by atoms with Gasteiger partial charge in [0.05, 0.1) is 16.8 Å². The van der Waals surface area contributed by atoms with Crippen molar-refractivity contribution in [1.29, 1.82) is 0 Å². The second kappa shape index (κ2) is 2.61. The molecule has 3 rings (SSSR count). The Labute approximate surface area is 93.0 Å². The molecule has 1 aromatic rings. The highest BCUT2D eigenvalue weighted by Crippen LogP contribution is 2.42. The molecule has 0 aliphatic carbocycles. The van der Waals surface area contributed by atoms with Crippen LogP contribution >= 0.6 is 0 Å². The maximum atomic E-state index is 11.9. The summed E-state index contributed by atoms with van der Waals surface area (Å²) in [6.45, 7) is 8.17. The lowest BCUT2D eigenvalue weighted by molar-refractivity contribution is -0.120. The van der Waals surface area contributed by atoms with Gasteiger partial charge >= 0.3 is 0 Å². The van der Waals surface area contributed by atoms with Gasteiger partial charge in [0.15, 0.2) is 0 Å². The van der Waals surface area contributed by atoms with E-state index in [0.29, 0.717) is 18.2 Å². The number of anilines is 1. The molecule has 5 nitrogen and oxygen atoms in total. The van der Waals surface area contributed by atoms with Crippen molar-refractivity contribution < 1.29 is 4.79 Å². The molecule has 5 heteroatoms. The van der Waals surface area contributed by atoms with Crippen molar-refractivity contribution in [3.63, 3.8) is 0 Å². The number of aryl methyl sites for hydroxylation is 1. The van der Waals surface area contributed by atoms with Crippen LogP contribution in [-0.2, 0) is 10.2 Å². The van der Waals surface area contributed by atoms with Gasteiger partial charge in [0, 0.05) is 12.1 Å². The molecule has 0 aromatic carbocycles. The van der Waals surface area contributed by atoms with E-state index in [2.05, 4.69) is 27.2 Å². The van der Waals surface area contributed by atoms with E-state index in [1.54, 1.807) is 6.92 Å². The van der Waals surface area contributed by atoms with Gasteiger partial charge in [0.1, 0.15) is 11.6 Å². The zero-order valence-electron chi connectivity index (χ0n) is 9.22. The van der Waals surface area contributed by atoms with E-state index in [9.17, 15) is 4.79 Å². The molecule has 2 aliphatic heterocycles. The monoisotopic (exact) mass is 216 g/mol. The first-order valence-corrected chi connectivity index (χ1v) is 5.16. The number of amides is 1. The van der Waals surface area contributed by atoms with Gasteiger partial charge in [-0.3, -0.25) is 4.79 Å². The number of aromatic nitrogens is 2. The average Bonchev–Trinajstić information content (AvgIpc) is 2.46. The summed E-state index contributed by atoms with van der Waals surface area (Å²) in [5.74, 6) is 1.25. The zero-order chi connectivity index (χ0) is 11.5. The third-order valence-electron chi connectivity index (χ3n) is 3.25. The van der Waals surface area contributed by atoms with Crippen LogP contribution in [0.5, 0.6) is 0 Å². The number of carbonyl (C=O) groups excluding carboxylic acids is 1. The lowest BCUT2D eigenvalue weighted by Gasteiger charge is -2.30. The molecule has 0 spiro atoms. The molecule has 1 unspecified atom stereocenters. The van der Waals surface area contributed by atoms with Crippen LogP contribution in [0.3, 0.4) is 0 Å². The molecule has 1 amide bonds. The van der Waals surface area contributed by atoms with Gasteiger partial charge in [0.2, 0.25) is 5.91 Å². The summed E-state index contributed by atoms with van der Waals surface area (Å²) in [5.41, 5.74) is 1.83. The van der Waals surface area contributed by atoms with Crippen molar-refractivity contribution in [1.82, 2.24) is 15.3 Å². The normalized spacial score (nSPS) is 26.1. The third kappa shape index (κ3) is 0.925. The molecular formula is C11H12N4O. The summed E-state index contributed by atoms with van der Waals surface area (Å²) in [4.78, 5) is 20.6.